The molecule has 0 spiro atoms. The smallest absolute Gasteiger partial charge is 0.227 e. The molecule has 0 aliphatic rings. The average Bonchev–Trinajstić information content (AvgIpc) is 2.39. The molecule has 0 radical (unpaired) electrons. The molecule has 4 nitrogen and oxygen atoms in total. The molecule has 0 bridgehead atoms. The van der Waals surface area contributed by atoms with Crippen molar-refractivity contribution in [2.75, 3.05) is 11.9 Å². The van der Waals surface area contributed by atoms with Crippen LogP contribution in [0.1, 0.15) is 29.4 Å². The predicted molar refractivity (Wildman–Crippen MR) is 81.7 cm³/mol. The lowest BCUT2D eigenvalue weighted by Gasteiger charge is -2.13. The van der Waals surface area contributed by atoms with E-state index in [1.165, 1.54) is 11.1 Å². The lowest BCUT2D eigenvalue weighted by molar-refractivity contribution is 0.455. The van der Waals surface area contributed by atoms with Gasteiger partial charge < -0.3 is 10.1 Å². The van der Waals surface area contributed by atoms with E-state index in [-0.39, 0.29) is 0 Å². The van der Waals surface area contributed by atoms with Crippen molar-refractivity contribution in [3.63, 3.8) is 0 Å². The fraction of sp³-hybridized carbons (Fsp3) is 0.375. The molecule has 0 aliphatic heterocycles. The summed E-state index contributed by atoms with van der Waals surface area (Å²) in [6, 6.07) is 6.05. The topological polar surface area (TPSA) is 47.0 Å². The zero-order chi connectivity index (χ0) is 14.7. The maximum atomic E-state index is 5.92. The molecule has 0 amide bonds. The van der Waals surface area contributed by atoms with Gasteiger partial charge in [0, 0.05) is 6.54 Å². The molecule has 0 saturated carbocycles. The molecular weight excluding hydrogens is 250 g/mol. The first kappa shape index (κ1) is 14.3. The average molecular weight is 271 g/mol. The molecular formula is C16H21N3O. The molecule has 0 fully saturated rings. The van der Waals surface area contributed by atoms with Gasteiger partial charge in [0.05, 0.1) is 5.56 Å². The van der Waals surface area contributed by atoms with Gasteiger partial charge in [-0.2, -0.15) is 4.98 Å². The number of hydrogen-bond acceptors (Lipinski definition) is 4. The molecule has 0 unspecified atom stereocenters. The van der Waals surface area contributed by atoms with E-state index in [4.69, 9.17) is 4.74 Å². The highest BCUT2D eigenvalue weighted by Crippen LogP contribution is 2.28. The van der Waals surface area contributed by atoms with E-state index in [1.807, 2.05) is 32.9 Å². The molecule has 1 aromatic carbocycles. The van der Waals surface area contributed by atoms with Crippen LogP contribution in [0.2, 0.25) is 0 Å². The normalized spacial score (nSPS) is 10.4. The minimum Gasteiger partial charge on any atom is -0.439 e. The third-order valence-electron chi connectivity index (χ3n) is 3.25. The van der Waals surface area contributed by atoms with Crippen molar-refractivity contribution in [3.05, 3.63) is 40.7 Å². The van der Waals surface area contributed by atoms with Crippen LogP contribution in [0.5, 0.6) is 11.6 Å². The monoisotopic (exact) mass is 271 g/mol. The number of benzene rings is 1. The van der Waals surface area contributed by atoms with Crippen molar-refractivity contribution in [1.82, 2.24) is 9.97 Å². The molecule has 0 atom stereocenters. The molecule has 20 heavy (non-hydrogen) atoms. The molecule has 1 N–H and O–H groups in total. The predicted octanol–water partition coefficient (Wildman–Crippen LogP) is 3.93. The van der Waals surface area contributed by atoms with E-state index in [1.54, 1.807) is 0 Å². The molecule has 2 rings (SSSR count). The lowest BCUT2D eigenvalue weighted by Crippen LogP contribution is -2.06. The molecule has 2 aromatic rings. The van der Waals surface area contributed by atoms with Crippen LogP contribution in [0.15, 0.2) is 18.2 Å². The number of aryl methyl sites for hydroxylation is 3. The Bertz CT molecular complexity index is 623. The van der Waals surface area contributed by atoms with Crippen LogP contribution >= 0.6 is 0 Å². The highest BCUT2D eigenvalue weighted by atomic mass is 16.5. The van der Waals surface area contributed by atoms with E-state index >= 15 is 0 Å². The van der Waals surface area contributed by atoms with Crippen LogP contribution in [0, 0.1) is 27.7 Å². The Morgan fingerprint density at radius 3 is 2.45 bits per heavy atom. The highest BCUT2D eigenvalue weighted by molar-refractivity contribution is 5.49. The molecule has 0 saturated heterocycles. The molecule has 1 aromatic heterocycles. The third-order valence-corrected chi connectivity index (χ3v) is 3.25. The summed E-state index contributed by atoms with van der Waals surface area (Å²) >= 11 is 0. The Balaban J connectivity index is 2.35. The van der Waals surface area contributed by atoms with Crippen molar-refractivity contribution in [2.24, 2.45) is 0 Å². The second-order valence-corrected chi connectivity index (χ2v) is 4.93. The van der Waals surface area contributed by atoms with Crippen molar-refractivity contribution in [1.29, 1.82) is 0 Å². The van der Waals surface area contributed by atoms with E-state index in [2.05, 4.69) is 35.2 Å². The first-order valence-electron chi connectivity index (χ1n) is 6.85. The number of ether oxygens (including phenoxy) is 1. The first-order chi connectivity index (χ1) is 9.51. The number of aromatic nitrogens is 2. The van der Waals surface area contributed by atoms with Crippen LogP contribution in [0.3, 0.4) is 0 Å². The van der Waals surface area contributed by atoms with Crippen LogP contribution in [0.25, 0.3) is 0 Å². The van der Waals surface area contributed by atoms with E-state index in [0.717, 1.165) is 23.7 Å². The summed E-state index contributed by atoms with van der Waals surface area (Å²) in [6.07, 6.45) is 0. The van der Waals surface area contributed by atoms with Gasteiger partial charge in [0.25, 0.3) is 0 Å². The number of hydrogen-bond donors (Lipinski definition) is 1. The maximum absolute atomic E-state index is 5.92. The Morgan fingerprint density at radius 1 is 1.05 bits per heavy atom. The van der Waals surface area contributed by atoms with Gasteiger partial charge in [-0.15, -0.1) is 0 Å². The summed E-state index contributed by atoms with van der Waals surface area (Å²) in [7, 11) is 0. The fourth-order valence-corrected chi connectivity index (χ4v) is 1.93. The quantitative estimate of drug-likeness (QED) is 0.915. The van der Waals surface area contributed by atoms with Gasteiger partial charge in [-0.3, -0.25) is 0 Å². The van der Waals surface area contributed by atoms with Gasteiger partial charge in [0.1, 0.15) is 17.4 Å². The van der Waals surface area contributed by atoms with Crippen molar-refractivity contribution in [2.45, 2.75) is 34.6 Å². The summed E-state index contributed by atoms with van der Waals surface area (Å²) in [5, 5.41) is 3.23. The Kier molecular flexibility index (Phi) is 4.23. The number of nitrogens with one attached hydrogen (secondary N) is 1. The highest BCUT2D eigenvalue weighted by Gasteiger charge is 2.11. The SMILES string of the molecule is CCNc1nc(C)nc(Oc2ccc(C)c(C)c2)c1C. The second-order valence-electron chi connectivity index (χ2n) is 4.93. The summed E-state index contributed by atoms with van der Waals surface area (Å²) in [6.45, 7) is 10.9. The number of rotatable bonds is 4. The fourth-order valence-electron chi connectivity index (χ4n) is 1.93. The Labute approximate surface area is 120 Å². The summed E-state index contributed by atoms with van der Waals surface area (Å²) in [5.74, 6) is 2.94. The maximum Gasteiger partial charge on any atom is 0.227 e. The zero-order valence-electron chi connectivity index (χ0n) is 12.7. The second kappa shape index (κ2) is 5.90. The Hall–Kier alpha value is -2.10. The van der Waals surface area contributed by atoms with E-state index < -0.39 is 0 Å². The third kappa shape index (κ3) is 3.07. The lowest BCUT2D eigenvalue weighted by atomic mass is 10.1. The molecule has 106 valence electrons. The summed E-state index contributed by atoms with van der Waals surface area (Å²) < 4.78 is 5.92. The van der Waals surface area contributed by atoms with Gasteiger partial charge in [0.2, 0.25) is 5.88 Å². The zero-order valence-corrected chi connectivity index (χ0v) is 12.7. The summed E-state index contributed by atoms with van der Waals surface area (Å²) in [5.41, 5.74) is 3.38. The Morgan fingerprint density at radius 2 is 1.80 bits per heavy atom. The van der Waals surface area contributed by atoms with Crippen LogP contribution in [0.4, 0.5) is 5.82 Å². The van der Waals surface area contributed by atoms with E-state index in [0.29, 0.717) is 11.7 Å². The number of nitrogens with zero attached hydrogens (tertiary/aromatic N) is 2. The van der Waals surface area contributed by atoms with Crippen LogP contribution in [-0.2, 0) is 0 Å². The standard InChI is InChI=1S/C16H21N3O/c1-6-17-15-12(4)16(19-13(5)18-15)20-14-8-7-10(2)11(3)9-14/h7-9H,6H2,1-5H3,(H,17,18,19). The van der Waals surface area contributed by atoms with Gasteiger partial charge >= 0.3 is 0 Å². The van der Waals surface area contributed by atoms with Crippen LogP contribution in [-0.4, -0.2) is 16.5 Å². The minimum absolute atomic E-state index is 0.608. The van der Waals surface area contributed by atoms with Gasteiger partial charge in [-0.25, -0.2) is 4.98 Å². The summed E-state index contributed by atoms with van der Waals surface area (Å²) in [4.78, 5) is 8.78. The van der Waals surface area contributed by atoms with Crippen LogP contribution < -0.4 is 10.1 Å². The van der Waals surface area contributed by atoms with Gasteiger partial charge in [-0.1, -0.05) is 6.07 Å². The van der Waals surface area contributed by atoms with Crippen molar-refractivity contribution < 1.29 is 4.74 Å². The van der Waals surface area contributed by atoms with E-state index in [9.17, 15) is 0 Å². The minimum atomic E-state index is 0.608. The number of anilines is 1. The molecule has 0 aliphatic carbocycles. The van der Waals surface area contributed by atoms with Crippen molar-refractivity contribution in [3.8, 4) is 11.6 Å². The van der Waals surface area contributed by atoms with Gasteiger partial charge in [-0.05, 0) is 57.9 Å². The molecule has 1 heterocycles. The van der Waals surface area contributed by atoms with Crippen molar-refractivity contribution >= 4 is 5.82 Å². The first-order valence-corrected chi connectivity index (χ1v) is 6.85. The largest absolute Gasteiger partial charge is 0.439 e. The van der Waals surface area contributed by atoms with Gasteiger partial charge in [0.15, 0.2) is 0 Å². The molecule has 4 heteroatoms.